The molecule has 20 heavy (non-hydrogen) atoms. The number of sulfonamides is 1. The van der Waals surface area contributed by atoms with Crippen molar-refractivity contribution < 1.29 is 13.2 Å². The minimum Gasteiger partial charge on any atom is -0.336 e. The number of rotatable bonds is 5. The van der Waals surface area contributed by atoms with Gasteiger partial charge in [-0.15, -0.1) is 0 Å². The molecule has 0 aliphatic rings. The van der Waals surface area contributed by atoms with Gasteiger partial charge in [-0.05, 0) is 32.4 Å². The van der Waals surface area contributed by atoms with Gasteiger partial charge < -0.3 is 4.90 Å². The Labute approximate surface area is 124 Å². The molecule has 1 amide bonds. The lowest BCUT2D eigenvalue weighted by atomic mass is 10.1. The summed E-state index contributed by atoms with van der Waals surface area (Å²) in [6.07, 6.45) is 0.763. The van der Waals surface area contributed by atoms with E-state index in [0.717, 1.165) is 6.42 Å². The van der Waals surface area contributed by atoms with Crippen molar-refractivity contribution in [3.8, 4) is 0 Å². The van der Waals surface area contributed by atoms with Crippen molar-refractivity contribution in [2.24, 2.45) is 5.14 Å². The molecule has 0 aliphatic carbocycles. The van der Waals surface area contributed by atoms with Crippen LogP contribution in [0.1, 0.15) is 37.6 Å². The third kappa shape index (κ3) is 3.71. The van der Waals surface area contributed by atoms with Crippen LogP contribution in [-0.4, -0.2) is 31.8 Å². The first-order chi connectivity index (χ1) is 9.20. The molecule has 0 aliphatic heterocycles. The third-order valence-electron chi connectivity index (χ3n) is 2.84. The summed E-state index contributed by atoms with van der Waals surface area (Å²) in [6.45, 7) is 6.18. The fraction of sp³-hybridized carbons (Fsp3) is 0.462. The first-order valence-corrected chi connectivity index (χ1v) is 8.24. The van der Waals surface area contributed by atoms with E-state index in [1.54, 1.807) is 4.90 Å². The summed E-state index contributed by atoms with van der Waals surface area (Å²) in [5.41, 5.74) is -0.0567. The molecule has 0 spiro atoms. The average Bonchev–Trinajstić information content (AvgIpc) is 2.33. The lowest BCUT2D eigenvalue weighted by molar-refractivity contribution is 0.0702. The number of nitrogens with zero attached hydrogens (tertiary/aromatic N) is 1. The molecule has 0 fully saturated rings. The zero-order valence-electron chi connectivity index (χ0n) is 11.8. The molecule has 1 aromatic rings. The largest absolute Gasteiger partial charge is 0.336 e. The molecule has 0 bridgehead atoms. The maximum absolute atomic E-state index is 12.6. The lowest BCUT2D eigenvalue weighted by Gasteiger charge is -2.27. The second-order valence-corrected chi connectivity index (χ2v) is 6.69. The first kappa shape index (κ1) is 16.9. The first-order valence-electron chi connectivity index (χ1n) is 6.32. The van der Waals surface area contributed by atoms with Crippen molar-refractivity contribution in [3.63, 3.8) is 0 Å². The number of hydrogen-bond donors (Lipinski definition) is 1. The SMILES string of the molecule is CCCN(C(=O)c1c(Cl)cccc1S(N)(=O)=O)C(C)C. The zero-order chi connectivity index (χ0) is 15.5. The molecular weight excluding hydrogens is 300 g/mol. The van der Waals surface area contributed by atoms with Crippen LogP contribution in [0.25, 0.3) is 0 Å². The van der Waals surface area contributed by atoms with Gasteiger partial charge in [0.15, 0.2) is 0 Å². The number of carbonyl (C=O) groups is 1. The van der Waals surface area contributed by atoms with E-state index in [1.165, 1.54) is 18.2 Å². The van der Waals surface area contributed by atoms with E-state index in [0.29, 0.717) is 6.54 Å². The van der Waals surface area contributed by atoms with E-state index in [1.807, 2.05) is 20.8 Å². The van der Waals surface area contributed by atoms with Crippen LogP contribution >= 0.6 is 11.6 Å². The maximum atomic E-state index is 12.6. The van der Waals surface area contributed by atoms with E-state index in [2.05, 4.69) is 0 Å². The van der Waals surface area contributed by atoms with Crippen molar-refractivity contribution in [2.75, 3.05) is 6.54 Å². The second kappa shape index (κ2) is 6.56. The van der Waals surface area contributed by atoms with Gasteiger partial charge in [-0.2, -0.15) is 0 Å². The van der Waals surface area contributed by atoms with Crippen LogP contribution in [0.4, 0.5) is 0 Å². The van der Waals surface area contributed by atoms with Gasteiger partial charge in [-0.3, -0.25) is 4.79 Å². The summed E-state index contributed by atoms with van der Waals surface area (Å²) >= 11 is 6.01. The molecule has 0 radical (unpaired) electrons. The van der Waals surface area contributed by atoms with Crippen LogP contribution in [0.3, 0.4) is 0 Å². The number of amides is 1. The molecule has 112 valence electrons. The highest BCUT2D eigenvalue weighted by molar-refractivity contribution is 7.89. The van der Waals surface area contributed by atoms with Gasteiger partial charge in [0.2, 0.25) is 10.0 Å². The highest BCUT2D eigenvalue weighted by atomic mass is 35.5. The fourth-order valence-corrected chi connectivity index (χ4v) is 2.99. The number of nitrogens with two attached hydrogens (primary N) is 1. The highest BCUT2D eigenvalue weighted by Gasteiger charge is 2.27. The Morgan fingerprint density at radius 1 is 1.40 bits per heavy atom. The van der Waals surface area contributed by atoms with Gasteiger partial charge in [-0.25, -0.2) is 13.6 Å². The zero-order valence-corrected chi connectivity index (χ0v) is 13.3. The standard InChI is InChI=1S/C13H19ClN2O3S/c1-4-8-16(9(2)3)13(17)12-10(14)6-5-7-11(12)20(15,18)19/h5-7,9H,4,8H2,1-3H3,(H2,15,18,19). The molecule has 7 heteroatoms. The van der Waals surface area contributed by atoms with Crippen LogP contribution in [-0.2, 0) is 10.0 Å². The molecule has 2 N–H and O–H groups in total. The Morgan fingerprint density at radius 3 is 2.45 bits per heavy atom. The normalized spacial score (nSPS) is 11.7. The molecule has 5 nitrogen and oxygen atoms in total. The number of halogens is 1. The summed E-state index contributed by atoms with van der Waals surface area (Å²) in [6, 6.07) is 4.16. The smallest absolute Gasteiger partial charge is 0.256 e. The molecular formula is C13H19ClN2O3S. The Hall–Kier alpha value is -1.11. The summed E-state index contributed by atoms with van der Waals surface area (Å²) in [5, 5.41) is 5.24. The highest BCUT2D eigenvalue weighted by Crippen LogP contribution is 2.25. The monoisotopic (exact) mass is 318 g/mol. The van der Waals surface area contributed by atoms with Gasteiger partial charge in [0.25, 0.3) is 5.91 Å². The summed E-state index contributed by atoms with van der Waals surface area (Å²) in [7, 11) is -4.01. The van der Waals surface area contributed by atoms with Crippen LogP contribution < -0.4 is 5.14 Å². The van der Waals surface area contributed by atoms with E-state index in [9.17, 15) is 13.2 Å². The summed E-state index contributed by atoms with van der Waals surface area (Å²) in [5.74, 6) is -0.420. The van der Waals surface area contributed by atoms with Crippen LogP contribution in [0.5, 0.6) is 0 Å². The lowest BCUT2D eigenvalue weighted by Crippen LogP contribution is -2.38. The van der Waals surface area contributed by atoms with Crippen LogP contribution in [0.15, 0.2) is 23.1 Å². The molecule has 0 saturated heterocycles. The molecule has 0 aromatic heterocycles. The predicted octanol–water partition coefficient (Wildman–Crippen LogP) is 2.25. The van der Waals surface area contributed by atoms with Crippen molar-refractivity contribution in [1.82, 2.24) is 4.90 Å². The van der Waals surface area contributed by atoms with Crippen molar-refractivity contribution in [1.29, 1.82) is 0 Å². The average molecular weight is 319 g/mol. The molecule has 1 aromatic carbocycles. The maximum Gasteiger partial charge on any atom is 0.256 e. The topological polar surface area (TPSA) is 80.5 Å². The molecule has 1 rings (SSSR count). The number of hydrogen-bond acceptors (Lipinski definition) is 3. The van der Waals surface area contributed by atoms with Crippen LogP contribution in [0.2, 0.25) is 5.02 Å². The molecule has 0 heterocycles. The Balaban J connectivity index is 3.42. The van der Waals surface area contributed by atoms with Gasteiger partial charge in [-0.1, -0.05) is 24.6 Å². The van der Waals surface area contributed by atoms with E-state index in [4.69, 9.17) is 16.7 Å². The minimum atomic E-state index is -4.01. The van der Waals surface area contributed by atoms with E-state index in [-0.39, 0.29) is 21.5 Å². The fourth-order valence-electron chi connectivity index (χ4n) is 1.93. The summed E-state index contributed by atoms with van der Waals surface area (Å²) < 4.78 is 23.2. The number of benzene rings is 1. The van der Waals surface area contributed by atoms with E-state index < -0.39 is 15.9 Å². The van der Waals surface area contributed by atoms with Gasteiger partial charge >= 0.3 is 0 Å². The van der Waals surface area contributed by atoms with Gasteiger partial charge in [0, 0.05) is 12.6 Å². The van der Waals surface area contributed by atoms with Crippen molar-refractivity contribution in [3.05, 3.63) is 28.8 Å². The van der Waals surface area contributed by atoms with Crippen LogP contribution in [0, 0.1) is 0 Å². The van der Waals surface area contributed by atoms with Crippen molar-refractivity contribution >= 4 is 27.5 Å². The Bertz CT molecular complexity index is 600. The number of primary sulfonamides is 1. The second-order valence-electron chi connectivity index (χ2n) is 4.75. The third-order valence-corrected chi connectivity index (χ3v) is 4.11. The Morgan fingerprint density at radius 2 is 2.00 bits per heavy atom. The predicted molar refractivity (Wildman–Crippen MR) is 79.3 cm³/mol. The quantitative estimate of drug-likeness (QED) is 0.904. The molecule has 0 unspecified atom stereocenters. The van der Waals surface area contributed by atoms with Gasteiger partial charge in [0.05, 0.1) is 15.5 Å². The number of carbonyl (C=O) groups excluding carboxylic acids is 1. The molecule has 0 saturated carbocycles. The summed E-state index contributed by atoms with van der Waals surface area (Å²) in [4.78, 5) is 13.9. The Kier molecular flexibility index (Phi) is 5.56. The molecule has 0 atom stereocenters. The van der Waals surface area contributed by atoms with Crippen molar-refractivity contribution in [2.45, 2.75) is 38.1 Å². The minimum absolute atomic E-state index is 0.0567. The van der Waals surface area contributed by atoms with E-state index >= 15 is 0 Å². The van der Waals surface area contributed by atoms with Gasteiger partial charge in [0.1, 0.15) is 0 Å².